The Morgan fingerprint density at radius 1 is 1.27 bits per heavy atom. The molecule has 1 atom stereocenters. The van der Waals surface area contributed by atoms with E-state index in [-0.39, 0.29) is 5.54 Å². The maximum Gasteiger partial charge on any atom is 0.0464 e. The molecule has 0 aromatic heterocycles. The summed E-state index contributed by atoms with van der Waals surface area (Å²) in [5, 5.41) is 4.39. The Labute approximate surface area is 95.5 Å². The van der Waals surface area contributed by atoms with Crippen LogP contribution in [0.1, 0.15) is 67.2 Å². The summed E-state index contributed by atoms with van der Waals surface area (Å²) in [5.74, 6) is 0.829. The fourth-order valence-electron chi connectivity index (χ4n) is 1.41. The Bertz CT molecular complexity index is 189. The molecule has 0 bridgehead atoms. The van der Waals surface area contributed by atoms with Gasteiger partial charge in [0.1, 0.15) is 0 Å². The average molecular weight is 212 g/mol. The summed E-state index contributed by atoms with van der Waals surface area (Å²) in [4.78, 5) is 0. The van der Waals surface area contributed by atoms with E-state index in [4.69, 9.17) is 0 Å². The number of rotatable bonds is 6. The summed E-state index contributed by atoms with van der Waals surface area (Å²) < 4.78 is 0. The average Bonchev–Trinajstić information content (AvgIpc) is 2.11. The van der Waals surface area contributed by atoms with Crippen LogP contribution in [0.25, 0.3) is 0 Å². The van der Waals surface area contributed by atoms with E-state index < -0.39 is 0 Å². The quantitative estimate of drug-likeness (QED) is 0.523. The van der Waals surface area contributed by atoms with E-state index in [1.54, 1.807) is 0 Å². The van der Waals surface area contributed by atoms with E-state index in [1.165, 1.54) is 25.0 Å². The van der Waals surface area contributed by atoms with Crippen LogP contribution in [0, 0.1) is 5.92 Å². The van der Waals surface area contributed by atoms with Crippen molar-refractivity contribution in [2.45, 2.75) is 72.8 Å². The van der Waals surface area contributed by atoms with Gasteiger partial charge in [0.05, 0.1) is 0 Å². The van der Waals surface area contributed by atoms with Crippen LogP contribution in [0.15, 0.2) is 5.10 Å². The Morgan fingerprint density at radius 2 is 1.87 bits per heavy atom. The van der Waals surface area contributed by atoms with Crippen LogP contribution in [0.5, 0.6) is 0 Å². The molecule has 0 aromatic rings. The van der Waals surface area contributed by atoms with Crippen LogP contribution in [-0.4, -0.2) is 11.3 Å². The molecule has 0 radical (unpaired) electrons. The molecule has 1 N–H and O–H groups in total. The third-order valence-corrected chi connectivity index (χ3v) is 2.36. The van der Waals surface area contributed by atoms with E-state index >= 15 is 0 Å². The number of nitrogens with one attached hydrogen (secondary N) is 1. The van der Waals surface area contributed by atoms with E-state index in [9.17, 15) is 0 Å². The molecule has 2 heteroatoms. The van der Waals surface area contributed by atoms with Crippen molar-refractivity contribution >= 4 is 5.71 Å². The minimum absolute atomic E-state index is 0.0797. The predicted molar refractivity (Wildman–Crippen MR) is 69.3 cm³/mol. The van der Waals surface area contributed by atoms with Crippen LogP contribution in [0.2, 0.25) is 0 Å². The van der Waals surface area contributed by atoms with Crippen LogP contribution in [0.3, 0.4) is 0 Å². The number of nitrogens with zero attached hydrogens (tertiary/aromatic N) is 1. The maximum absolute atomic E-state index is 4.39. The molecule has 0 aliphatic rings. The van der Waals surface area contributed by atoms with Crippen molar-refractivity contribution < 1.29 is 0 Å². The number of hydrogen-bond acceptors (Lipinski definition) is 2. The van der Waals surface area contributed by atoms with Gasteiger partial charge in [-0.1, -0.05) is 26.7 Å². The zero-order valence-electron chi connectivity index (χ0n) is 11.4. The van der Waals surface area contributed by atoms with E-state index in [1.807, 2.05) is 0 Å². The summed E-state index contributed by atoms with van der Waals surface area (Å²) in [5.41, 5.74) is 4.46. The summed E-state index contributed by atoms with van der Waals surface area (Å²) in [6, 6.07) is 0. The van der Waals surface area contributed by atoms with Gasteiger partial charge in [0.25, 0.3) is 0 Å². The highest BCUT2D eigenvalue weighted by Gasteiger charge is 2.07. The van der Waals surface area contributed by atoms with Gasteiger partial charge in [0, 0.05) is 11.3 Å². The zero-order chi connectivity index (χ0) is 11.9. The fraction of sp³-hybridized carbons (Fsp3) is 0.923. The number of hydrogen-bond donors (Lipinski definition) is 1. The molecular formula is C13H28N2. The van der Waals surface area contributed by atoms with Gasteiger partial charge in [-0.3, -0.25) is 0 Å². The van der Waals surface area contributed by atoms with Gasteiger partial charge in [0.15, 0.2) is 0 Å². The lowest BCUT2D eigenvalue weighted by Crippen LogP contribution is -2.32. The maximum atomic E-state index is 4.39. The molecule has 0 saturated heterocycles. The lowest BCUT2D eigenvalue weighted by Gasteiger charge is -2.18. The molecule has 0 aliphatic carbocycles. The first kappa shape index (κ1) is 14.5. The second kappa shape index (κ2) is 6.86. The molecular weight excluding hydrogens is 184 g/mol. The minimum Gasteiger partial charge on any atom is -0.305 e. The molecule has 0 aromatic carbocycles. The van der Waals surface area contributed by atoms with Crippen molar-refractivity contribution in [2.24, 2.45) is 11.0 Å². The Kier molecular flexibility index (Phi) is 6.62. The van der Waals surface area contributed by atoms with Gasteiger partial charge in [0.2, 0.25) is 0 Å². The third kappa shape index (κ3) is 9.77. The first-order valence-corrected chi connectivity index (χ1v) is 6.15. The molecule has 0 saturated carbocycles. The largest absolute Gasteiger partial charge is 0.305 e. The van der Waals surface area contributed by atoms with Crippen molar-refractivity contribution in [2.75, 3.05) is 0 Å². The molecule has 0 fully saturated rings. The lowest BCUT2D eigenvalue weighted by molar-refractivity contribution is 0.438. The highest BCUT2D eigenvalue weighted by atomic mass is 15.3. The first-order chi connectivity index (χ1) is 6.85. The Balaban J connectivity index is 3.78. The molecule has 1 unspecified atom stereocenters. The first-order valence-electron chi connectivity index (χ1n) is 6.15. The van der Waals surface area contributed by atoms with Crippen molar-refractivity contribution in [1.82, 2.24) is 5.43 Å². The molecule has 90 valence electrons. The van der Waals surface area contributed by atoms with Crippen LogP contribution in [-0.2, 0) is 0 Å². The molecule has 15 heavy (non-hydrogen) atoms. The second-order valence-electron chi connectivity index (χ2n) is 5.64. The molecule has 2 nitrogen and oxygen atoms in total. The SMILES string of the molecule is CCCC(C)CC/C(C)=N/NC(C)(C)C. The van der Waals surface area contributed by atoms with Crippen molar-refractivity contribution in [1.29, 1.82) is 0 Å². The smallest absolute Gasteiger partial charge is 0.0464 e. The van der Waals surface area contributed by atoms with Crippen molar-refractivity contribution in [3.63, 3.8) is 0 Å². The normalized spacial score (nSPS) is 15.2. The standard InChI is InChI=1S/C13H28N2/c1-7-8-11(2)9-10-12(3)14-15-13(4,5)6/h11,15H,7-10H2,1-6H3/b14-12+. The summed E-state index contributed by atoms with van der Waals surface area (Å²) in [6.07, 6.45) is 5.00. The van der Waals surface area contributed by atoms with Crippen molar-refractivity contribution in [3.8, 4) is 0 Å². The highest BCUT2D eigenvalue weighted by molar-refractivity contribution is 5.81. The molecule has 0 rings (SSSR count). The Hall–Kier alpha value is -0.530. The van der Waals surface area contributed by atoms with E-state index in [0.29, 0.717) is 0 Å². The van der Waals surface area contributed by atoms with Gasteiger partial charge in [-0.05, 0) is 46.5 Å². The molecule has 0 aliphatic heterocycles. The van der Waals surface area contributed by atoms with Crippen LogP contribution < -0.4 is 5.43 Å². The van der Waals surface area contributed by atoms with Crippen LogP contribution in [0.4, 0.5) is 0 Å². The van der Waals surface area contributed by atoms with Gasteiger partial charge in [-0.25, -0.2) is 0 Å². The molecule has 0 spiro atoms. The lowest BCUT2D eigenvalue weighted by atomic mass is 9.99. The summed E-state index contributed by atoms with van der Waals surface area (Å²) in [6.45, 7) is 13.1. The van der Waals surface area contributed by atoms with E-state index in [2.05, 4.69) is 52.1 Å². The summed E-state index contributed by atoms with van der Waals surface area (Å²) >= 11 is 0. The monoisotopic (exact) mass is 212 g/mol. The van der Waals surface area contributed by atoms with E-state index in [0.717, 1.165) is 12.3 Å². The third-order valence-electron chi connectivity index (χ3n) is 2.36. The minimum atomic E-state index is 0.0797. The van der Waals surface area contributed by atoms with Gasteiger partial charge in [-0.2, -0.15) is 5.10 Å². The van der Waals surface area contributed by atoms with Gasteiger partial charge in [-0.15, -0.1) is 0 Å². The molecule has 0 amide bonds. The Morgan fingerprint density at radius 3 is 2.33 bits per heavy atom. The predicted octanol–water partition coefficient (Wildman–Crippen LogP) is 3.97. The zero-order valence-corrected chi connectivity index (χ0v) is 11.4. The van der Waals surface area contributed by atoms with Crippen molar-refractivity contribution in [3.05, 3.63) is 0 Å². The highest BCUT2D eigenvalue weighted by Crippen LogP contribution is 2.12. The fourth-order valence-corrected chi connectivity index (χ4v) is 1.41. The van der Waals surface area contributed by atoms with Gasteiger partial charge >= 0.3 is 0 Å². The topological polar surface area (TPSA) is 24.4 Å². The second-order valence-corrected chi connectivity index (χ2v) is 5.64. The number of hydrazone groups is 1. The molecule has 0 heterocycles. The summed E-state index contributed by atoms with van der Waals surface area (Å²) in [7, 11) is 0. The van der Waals surface area contributed by atoms with Gasteiger partial charge < -0.3 is 5.43 Å². The van der Waals surface area contributed by atoms with Crippen LogP contribution >= 0.6 is 0 Å².